The zero-order valence-electron chi connectivity index (χ0n) is 16.1. The maximum Gasteiger partial charge on any atom is 0.163 e. The van der Waals surface area contributed by atoms with Crippen molar-refractivity contribution in [3.8, 4) is 0 Å². The van der Waals surface area contributed by atoms with Gasteiger partial charge in [0.05, 0.1) is 0 Å². The summed E-state index contributed by atoms with van der Waals surface area (Å²) in [6, 6.07) is 21.1. The first-order valence-electron chi connectivity index (χ1n) is 10.3. The van der Waals surface area contributed by atoms with Gasteiger partial charge in [-0.3, -0.25) is 0 Å². The summed E-state index contributed by atoms with van der Waals surface area (Å²) in [5, 5.41) is 0. The summed E-state index contributed by atoms with van der Waals surface area (Å²) in [6.07, 6.45) is 5.89. The van der Waals surface area contributed by atoms with Crippen LogP contribution in [0.3, 0.4) is 0 Å². The lowest BCUT2D eigenvalue weighted by atomic mass is 9.76. The zero-order valence-corrected chi connectivity index (χ0v) is 16.1. The van der Waals surface area contributed by atoms with Crippen molar-refractivity contribution in [1.29, 1.82) is 0 Å². The van der Waals surface area contributed by atoms with Crippen LogP contribution < -0.4 is 0 Å². The second kappa shape index (κ2) is 6.92. The Kier molecular flexibility index (Phi) is 4.41. The average Bonchev–Trinajstić information content (AvgIpc) is 3.43. The Hall–Kier alpha value is -1.90. The molecule has 0 spiro atoms. The van der Waals surface area contributed by atoms with Crippen LogP contribution in [0.25, 0.3) is 0 Å². The molecule has 2 nitrogen and oxygen atoms in total. The maximum absolute atomic E-state index is 6.68. The molecule has 1 aliphatic heterocycles. The Morgan fingerprint density at radius 1 is 0.741 bits per heavy atom. The van der Waals surface area contributed by atoms with Gasteiger partial charge in [0.15, 0.2) is 6.29 Å². The molecule has 27 heavy (non-hydrogen) atoms. The molecule has 1 heterocycles. The van der Waals surface area contributed by atoms with Crippen LogP contribution in [0, 0.1) is 29.6 Å². The van der Waals surface area contributed by atoms with Crippen molar-refractivity contribution >= 4 is 0 Å². The maximum atomic E-state index is 6.68. The fourth-order valence-electron chi connectivity index (χ4n) is 5.66. The Morgan fingerprint density at radius 3 is 1.78 bits per heavy atom. The largest absolute Gasteiger partial charge is 0.341 e. The summed E-state index contributed by atoms with van der Waals surface area (Å²) in [4.78, 5) is 0. The standard InChI is InChI=1S/C25H28O2/c1-16(2)21-19-13-14-20(15-19)22(21)25-26-23(17-9-5-3-6-10-17)24(27-25)18-11-7-4-8-12-18/h3-14,16,19-25H,15H2,1-2H3/t19-,20+,21+,22+,23+,24+/m1/s1. The molecule has 0 aromatic heterocycles. The minimum atomic E-state index is -0.132. The van der Waals surface area contributed by atoms with Gasteiger partial charge in [-0.25, -0.2) is 0 Å². The van der Waals surface area contributed by atoms with Crippen LogP contribution in [0.4, 0.5) is 0 Å². The van der Waals surface area contributed by atoms with E-state index in [1.807, 2.05) is 0 Å². The number of ether oxygens (including phenoxy) is 2. The van der Waals surface area contributed by atoms with Crippen molar-refractivity contribution in [3.05, 3.63) is 83.9 Å². The fourth-order valence-corrected chi connectivity index (χ4v) is 5.66. The third-order valence-electron chi connectivity index (χ3n) is 6.76. The summed E-state index contributed by atoms with van der Waals surface area (Å²) in [7, 11) is 0. The van der Waals surface area contributed by atoms with E-state index in [-0.39, 0.29) is 18.5 Å². The first-order chi connectivity index (χ1) is 13.2. The van der Waals surface area contributed by atoms with Gasteiger partial charge >= 0.3 is 0 Å². The summed E-state index contributed by atoms with van der Waals surface area (Å²) in [5.41, 5.74) is 2.40. The number of fused-ring (bicyclic) bond motifs is 2. The molecule has 2 fully saturated rings. The van der Waals surface area contributed by atoms with E-state index in [0.717, 1.165) is 0 Å². The Labute approximate surface area is 162 Å². The van der Waals surface area contributed by atoms with Gasteiger partial charge < -0.3 is 9.47 Å². The minimum Gasteiger partial charge on any atom is -0.341 e. The third kappa shape index (κ3) is 2.96. The molecule has 2 aromatic rings. The average molecular weight is 360 g/mol. The molecule has 1 saturated heterocycles. The van der Waals surface area contributed by atoms with Crippen LogP contribution in [-0.2, 0) is 9.47 Å². The van der Waals surface area contributed by atoms with Gasteiger partial charge in [-0.15, -0.1) is 0 Å². The smallest absolute Gasteiger partial charge is 0.163 e. The fraction of sp³-hybridized carbons (Fsp3) is 0.440. The monoisotopic (exact) mass is 360 g/mol. The van der Waals surface area contributed by atoms with Crippen LogP contribution in [0.2, 0.25) is 0 Å². The molecule has 0 N–H and O–H groups in total. The zero-order chi connectivity index (χ0) is 18.4. The lowest BCUT2D eigenvalue weighted by molar-refractivity contribution is -0.128. The molecule has 5 rings (SSSR count). The van der Waals surface area contributed by atoms with Gasteiger partial charge in [-0.05, 0) is 41.2 Å². The van der Waals surface area contributed by atoms with E-state index < -0.39 is 0 Å². The third-order valence-corrected chi connectivity index (χ3v) is 6.76. The molecule has 2 heteroatoms. The number of benzene rings is 2. The van der Waals surface area contributed by atoms with Crippen molar-refractivity contribution in [3.63, 3.8) is 0 Å². The first kappa shape index (κ1) is 17.2. The van der Waals surface area contributed by atoms with Gasteiger partial charge in [-0.2, -0.15) is 0 Å². The van der Waals surface area contributed by atoms with Crippen LogP contribution in [0.5, 0.6) is 0 Å². The molecule has 3 aliphatic rings. The molecule has 2 aromatic carbocycles. The molecule has 2 bridgehead atoms. The Morgan fingerprint density at radius 2 is 1.26 bits per heavy atom. The normalized spacial score (nSPS) is 35.4. The molecule has 2 aliphatic carbocycles. The van der Waals surface area contributed by atoms with Crippen molar-refractivity contribution in [2.24, 2.45) is 29.6 Å². The van der Waals surface area contributed by atoms with E-state index in [0.29, 0.717) is 29.6 Å². The molecule has 140 valence electrons. The second-order valence-corrected chi connectivity index (χ2v) is 8.65. The Balaban J connectivity index is 1.48. The molecule has 0 radical (unpaired) electrons. The lowest BCUT2D eigenvalue weighted by Gasteiger charge is -2.34. The SMILES string of the molecule is CC(C)[C@@H]1[C@@H](C2O[C@@H](c3ccccc3)[C@H](c3ccccc3)O2)[C@H]2C=C[C@@H]1C2. The topological polar surface area (TPSA) is 18.5 Å². The summed E-state index contributed by atoms with van der Waals surface area (Å²) in [5.74, 6) is 3.04. The van der Waals surface area contributed by atoms with Crippen molar-refractivity contribution in [2.75, 3.05) is 0 Å². The molecule has 0 amide bonds. The van der Waals surface area contributed by atoms with E-state index in [4.69, 9.17) is 9.47 Å². The highest BCUT2D eigenvalue weighted by Crippen LogP contribution is 2.56. The molecular weight excluding hydrogens is 332 g/mol. The first-order valence-corrected chi connectivity index (χ1v) is 10.3. The van der Waals surface area contributed by atoms with Crippen LogP contribution in [0.1, 0.15) is 43.6 Å². The highest BCUT2D eigenvalue weighted by molar-refractivity contribution is 5.27. The highest BCUT2D eigenvalue weighted by atomic mass is 16.7. The van der Waals surface area contributed by atoms with E-state index >= 15 is 0 Å². The molecule has 0 unspecified atom stereocenters. The van der Waals surface area contributed by atoms with E-state index in [1.165, 1.54) is 17.5 Å². The number of allylic oxidation sites excluding steroid dienone is 2. The van der Waals surface area contributed by atoms with Gasteiger partial charge in [-0.1, -0.05) is 86.7 Å². The predicted molar refractivity (Wildman–Crippen MR) is 107 cm³/mol. The van der Waals surface area contributed by atoms with Crippen LogP contribution in [-0.4, -0.2) is 6.29 Å². The van der Waals surface area contributed by atoms with Gasteiger partial charge in [0.1, 0.15) is 12.2 Å². The van der Waals surface area contributed by atoms with Crippen LogP contribution in [0.15, 0.2) is 72.8 Å². The number of hydrogen-bond acceptors (Lipinski definition) is 2. The van der Waals surface area contributed by atoms with Crippen molar-refractivity contribution < 1.29 is 9.47 Å². The Bertz CT molecular complexity index is 750. The summed E-state index contributed by atoms with van der Waals surface area (Å²) < 4.78 is 13.4. The van der Waals surface area contributed by atoms with E-state index in [2.05, 4.69) is 86.7 Å². The lowest BCUT2D eigenvalue weighted by Crippen LogP contribution is -2.34. The highest BCUT2D eigenvalue weighted by Gasteiger charge is 2.53. The van der Waals surface area contributed by atoms with Gasteiger partial charge in [0, 0.05) is 5.92 Å². The number of rotatable bonds is 4. The molecule has 1 saturated carbocycles. The molecule has 6 atom stereocenters. The van der Waals surface area contributed by atoms with Crippen molar-refractivity contribution in [2.45, 2.75) is 38.8 Å². The summed E-state index contributed by atoms with van der Waals surface area (Å²) >= 11 is 0. The summed E-state index contributed by atoms with van der Waals surface area (Å²) in [6.45, 7) is 4.70. The number of hydrogen-bond donors (Lipinski definition) is 0. The van der Waals surface area contributed by atoms with E-state index in [1.54, 1.807) is 0 Å². The van der Waals surface area contributed by atoms with E-state index in [9.17, 15) is 0 Å². The predicted octanol–water partition coefficient (Wildman–Crippen LogP) is 5.94. The minimum absolute atomic E-state index is 0.0467. The quantitative estimate of drug-likeness (QED) is 0.629. The van der Waals surface area contributed by atoms with Crippen molar-refractivity contribution in [1.82, 2.24) is 0 Å². The second-order valence-electron chi connectivity index (χ2n) is 8.65. The van der Waals surface area contributed by atoms with Gasteiger partial charge in [0.2, 0.25) is 0 Å². The van der Waals surface area contributed by atoms with Crippen LogP contribution >= 0.6 is 0 Å². The molecular formula is C25H28O2. The van der Waals surface area contributed by atoms with Gasteiger partial charge in [0.25, 0.3) is 0 Å².